The number of esters is 1. The van der Waals surface area contributed by atoms with Gasteiger partial charge in [0.2, 0.25) is 11.8 Å². The van der Waals surface area contributed by atoms with Crippen molar-refractivity contribution in [1.29, 1.82) is 0 Å². The van der Waals surface area contributed by atoms with Crippen molar-refractivity contribution >= 4 is 33.7 Å². The molecule has 184 valence electrons. The predicted octanol–water partition coefficient (Wildman–Crippen LogP) is 2.05. The molecule has 3 rings (SSSR count). The van der Waals surface area contributed by atoms with Crippen LogP contribution in [-0.2, 0) is 23.9 Å². The average Bonchev–Trinajstić information content (AvgIpc) is 3.38. The van der Waals surface area contributed by atoms with Gasteiger partial charge in [0.25, 0.3) is 0 Å². The highest BCUT2D eigenvalue weighted by atomic mass is 79.9. The number of amides is 2. The minimum Gasteiger partial charge on any atom is -0.461 e. The van der Waals surface area contributed by atoms with Crippen molar-refractivity contribution in [2.45, 2.75) is 74.7 Å². The molecule has 0 aliphatic carbocycles. The summed E-state index contributed by atoms with van der Waals surface area (Å²) in [7, 11) is 0. The van der Waals surface area contributed by atoms with Gasteiger partial charge in [-0.15, -0.1) is 6.58 Å². The fraction of sp³-hybridized carbons (Fsp3) is 0.708. The van der Waals surface area contributed by atoms with E-state index in [1.54, 1.807) is 17.9 Å². The third kappa shape index (κ3) is 4.17. The Morgan fingerprint density at radius 3 is 2.67 bits per heavy atom. The maximum atomic E-state index is 14.1. The molecule has 0 radical (unpaired) electrons. The molecule has 4 unspecified atom stereocenters. The van der Waals surface area contributed by atoms with Gasteiger partial charge in [-0.05, 0) is 26.7 Å². The van der Waals surface area contributed by atoms with Crippen LogP contribution < -0.4 is 0 Å². The first-order valence-electron chi connectivity index (χ1n) is 11.6. The first kappa shape index (κ1) is 25.9. The summed E-state index contributed by atoms with van der Waals surface area (Å²) in [5.74, 6) is -2.80. The number of halogens is 1. The van der Waals surface area contributed by atoms with Crippen LogP contribution >= 0.6 is 15.9 Å². The monoisotopic (exact) mass is 526 g/mol. The molecule has 3 fully saturated rings. The van der Waals surface area contributed by atoms with Crippen LogP contribution in [0.4, 0.5) is 0 Å². The van der Waals surface area contributed by atoms with Crippen molar-refractivity contribution < 1.29 is 29.0 Å². The number of carbonyl (C=O) groups is 3. The number of aliphatic hydroxyl groups is 1. The summed E-state index contributed by atoms with van der Waals surface area (Å²) in [4.78, 5) is 43.8. The molecule has 0 aromatic rings. The molecular weight excluding hydrogens is 492 g/mol. The molecule has 0 saturated carbocycles. The standard InChI is InChI=1S/C24H35BrN2O6/c1-6-9-14(4)26(10-7-2)22(30)20-24-12-16(25)19(33-24)17(23(31)32-11-8-3)18(24)21(29)27(20)15(5)13-28/h7-8,14-20,28H,2-3,6,9-13H2,1,4-5H3/t14?,15-,16?,17+,18+,19+,20?,24?/m1/s1. The molecule has 8 atom stereocenters. The van der Waals surface area contributed by atoms with E-state index in [0.29, 0.717) is 13.0 Å². The van der Waals surface area contributed by atoms with Gasteiger partial charge in [0.15, 0.2) is 0 Å². The smallest absolute Gasteiger partial charge is 0.312 e. The number of fused-ring (bicyclic) bond motifs is 1. The Labute approximate surface area is 204 Å². The number of alkyl halides is 1. The average molecular weight is 527 g/mol. The summed E-state index contributed by atoms with van der Waals surface area (Å²) in [6, 6.07) is -1.62. The lowest BCUT2D eigenvalue weighted by atomic mass is 9.70. The van der Waals surface area contributed by atoms with E-state index < -0.39 is 41.6 Å². The molecule has 3 aliphatic rings. The highest BCUT2D eigenvalue weighted by Gasteiger charge is 2.77. The molecule has 2 amide bonds. The largest absolute Gasteiger partial charge is 0.461 e. The summed E-state index contributed by atoms with van der Waals surface area (Å²) < 4.78 is 11.7. The normalized spacial score (nSPS) is 34.0. The van der Waals surface area contributed by atoms with Crippen LogP contribution in [0.3, 0.4) is 0 Å². The molecule has 33 heavy (non-hydrogen) atoms. The fourth-order valence-corrected chi connectivity index (χ4v) is 6.72. The number of aliphatic hydroxyl groups excluding tert-OH is 1. The molecule has 1 spiro atoms. The van der Waals surface area contributed by atoms with Crippen molar-refractivity contribution in [2.24, 2.45) is 11.8 Å². The van der Waals surface area contributed by atoms with Crippen LogP contribution in [0, 0.1) is 11.8 Å². The van der Waals surface area contributed by atoms with Crippen LogP contribution in [0.15, 0.2) is 25.3 Å². The van der Waals surface area contributed by atoms with E-state index in [-0.39, 0.29) is 35.9 Å². The Bertz CT molecular complexity index is 806. The third-order valence-electron chi connectivity index (χ3n) is 7.16. The third-order valence-corrected chi connectivity index (χ3v) is 8.01. The van der Waals surface area contributed by atoms with E-state index in [0.717, 1.165) is 12.8 Å². The quantitative estimate of drug-likeness (QED) is 0.251. The lowest BCUT2D eigenvalue weighted by Crippen LogP contribution is -2.59. The second-order valence-corrected chi connectivity index (χ2v) is 10.5. The summed E-state index contributed by atoms with van der Waals surface area (Å²) in [5, 5.41) is 9.93. The van der Waals surface area contributed by atoms with Gasteiger partial charge in [-0.3, -0.25) is 14.4 Å². The van der Waals surface area contributed by atoms with Crippen LogP contribution in [0.5, 0.6) is 0 Å². The van der Waals surface area contributed by atoms with E-state index in [1.807, 2.05) is 6.92 Å². The van der Waals surface area contributed by atoms with Gasteiger partial charge in [-0.25, -0.2) is 0 Å². The lowest BCUT2D eigenvalue weighted by molar-refractivity contribution is -0.155. The van der Waals surface area contributed by atoms with E-state index in [1.165, 1.54) is 11.0 Å². The van der Waals surface area contributed by atoms with Crippen LogP contribution in [0.1, 0.15) is 40.0 Å². The molecular formula is C24H35BrN2O6. The number of ether oxygens (including phenoxy) is 2. The maximum Gasteiger partial charge on any atom is 0.312 e. The van der Waals surface area contributed by atoms with Crippen molar-refractivity contribution in [3.8, 4) is 0 Å². The molecule has 3 aliphatic heterocycles. The van der Waals surface area contributed by atoms with Gasteiger partial charge in [-0.1, -0.05) is 48.0 Å². The van der Waals surface area contributed by atoms with Gasteiger partial charge in [-0.2, -0.15) is 0 Å². The number of hydrogen-bond acceptors (Lipinski definition) is 6. The summed E-state index contributed by atoms with van der Waals surface area (Å²) in [5.41, 5.74) is -1.17. The van der Waals surface area contributed by atoms with E-state index >= 15 is 0 Å². The molecule has 3 heterocycles. The van der Waals surface area contributed by atoms with Crippen LogP contribution in [0.25, 0.3) is 0 Å². The van der Waals surface area contributed by atoms with Crippen molar-refractivity contribution in [3.63, 3.8) is 0 Å². The fourth-order valence-electron chi connectivity index (χ4n) is 5.77. The first-order valence-corrected chi connectivity index (χ1v) is 12.5. The van der Waals surface area contributed by atoms with Gasteiger partial charge < -0.3 is 24.4 Å². The van der Waals surface area contributed by atoms with E-state index in [4.69, 9.17) is 9.47 Å². The topological polar surface area (TPSA) is 96.4 Å². The van der Waals surface area contributed by atoms with Gasteiger partial charge in [0.05, 0.1) is 30.6 Å². The Hall–Kier alpha value is -1.71. The molecule has 0 aromatic heterocycles. The Morgan fingerprint density at radius 1 is 1.39 bits per heavy atom. The molecule has 3 saturated heterocycles. The highest BCUT2D eigenvalue weighted by Crippen LogP contribution is 2.60. The molecule has 2 bridgehead atoms. The molecule has 9 heteroatoms. The number of carbonyl (C=O) groups excluding carboxylic acids is 3. The predicted molar refractivity (Wildman–Crippen MR) is 127 cm³/mol. The Kier molecular flexibility index (Phi) is 8.07. The van der Waals surface area contributed by atoms with Crippen molar-refractivity contribution in [1.82, 2.24) is 9.80 Å². The second kappa shape index (κ2) is 10.3. The number of hydrogen-bond donors (Lipinski definition) is 1. The van der Waals surface area contributed by atoms with Crippen LogP contribution in [0.2, 0.25) is 0 Å². The van der Waals surface area contributed by atoms with Gasteiger partial charge >= 0.3 is 5.97 Å². The van der Waals surface area contributed by atoms with Crippen molar-refractivity contribution in [3.05, 3.63) is 25.3 Å². The molecule has 8 nitrogen and oxygen atoms in total. The van der Waals surface area contributed by atoms with Crippen molar-refractivity contribution in [2.75, 3.05) is 19.8 Å². The van der Waals surface area contributed by atoms with Gasteiger partial charge in [0, 0.05) is 17.4 Å². The Morgan fingerprint density at radius 2 is 2.09 bits per heavy atom. The van der Waals surface area contributed by atoms with Gasteiger partial charge in [0.1, 0.15) is 18.2 Å². The lowest BCUT2D eigenvalue weighted by Gasteiger charge is -2.40. The summed E-state index contributed by atoms with van der Waals surface area (Å²) >= 11 is 3.62. The number of likely N-dealkylation sites (tertiary alicyclic amines) is 1. The molecule has 0 aromatic carbocycles. The zero-order valence-electron chi connectivity index (χ0n) is 19.6. The zero-order valence-corrected chi connectivity index (χ0v) is 21.2. The number of rotatable bonds is 11. The van der Waals surface area contributed by atoms with E-state index in [9.17, 15) is 19.5 Å². The summed E-state index contributed by atoms with van der Waals surface area (Å²) in [6.45, 7) is 13.2. The van der Waals surface area contributed by atoms with Crippen LogP contribution in [-0.4, -0.2) is 87.1 Å². The minimum atomic E-state index is -1.17. The van der Waals surface area contributed by atoms with E-state index in [2.05, 4.69) is 36.0 Å². The Balaban J connectivity index is 2.07. The zero-order chi connectivity index (χ0) is 24.5. The molecule has 1 N–H and O–H groups in total. The maximum absolute atomic E-state index is 14.1. The number of nitrogens with zero attached hydrogens (tertiary/aromatic N) is 2. The SMILES string of the molecule is C=CCOC(=O)[C@H]1[C@H]2C(=O)N([C@H](C)CO)C(C(=O)N(CC=C)C(C)CCC)C23CC(Br)[C@@H]1O3. The minimum absolute atomic E-state index is 0.0314. The second-order valence-electron chi connectivity index (χ2n) is 9.28. The summed E-state index contributed by atoms with van der Waals surface area (Å²) in [6.07, 6.45) is 4.68. The first-order chi connectivity index (χ1) is 15.7. The highest BCUT2D eigenvalue weighted by molar-refractivity contribution is 9.09.